The van der Waals surface area contributed by atoms with Gasteiger partial charge in [0.05, 0.1) is 6.61 Å². The first-order valence-electron chi connectivity index (χ1n) is 7.86. The van der Waals surface area contributed by atoms with Gasteiger partial charge in [-0.2, -0.15) is 0 Å². The van der Waals surface area contributed by atoms with E-state index in [0.29, 0.717) is 18.8 Å². The zero-order chi connectivity index (χ0) is 17.5. The fraction of sp³-hybridized carbons (Fsp3) is 0.529. The molecule has 0 aliphatic heterocycles. The number of carbonyl (C=O) groups is 2. The van der Waals surface area contributed by atoms with Gasteiger partial charge >= 0.3 is 5.97 Å². The maximum absolute atomic E-state index is 12.2. The molecule has 1 aromatic rings. The molecule has 0 aromatic heterocycles. The van der Waals surface area contributed by atoms with Gasteiger partial charge in [-0.15, -0.1) is 0 Å². The monoisotopic (exact) mass is 323 g/mol. The van der Waals surface area contributed by atoms with Gasteiger partial charge in [0.25, 0.3) is 5.91 Å². The summed E-state index contributed by atoms with van der Waals surface area (Å²) in [5, 5.41) is 21.6. The molecule has 0 aliphatic carbocycles. The lowest BCUT2D eigenvalue weighted by Crippen LogP contribution is -2.58. The Balaban J connectivity index is 2.78. The first-order chi connectivity index (χ1) is 10.8. The van der Waals surface area contributed by atoms with Crippen LogP contribution in [0.25, 0.3) is 0 Å². The zero-order valence-corrected chi connectivity index (χ0v) is 13.8. The lowest BCUT2D eigenvalue weighted by molar-refractivity contribution is -0.167. The normalized spacial score (nSPS) is 14.6. The second kappa shape index (κ2) is 8.53. The molecule has 3 N–H and O–H groups in total. The first-order valence-corrected chi connectivity index (χ1v) is 7.86. The third-order valence-electron chi connectivity index (χ3n) is 3.84. The second-order valence-electron chi connectivity index (χ2n) is 5.56. The van der Waals surface area contributed by atoms with Gasteiger partial charge < -0.3 is 20.3 Å². The molecule has 128 valence electrons. The topological polar surface area (TPSA) is 95.9 Å². The number of hydrogen-bond acceptors (Lipinski definition) is 4. The van der Waals surface area contributed by atoms with Gasteiger partial charge in [-0.05, 0) is 37.1 Å². The number of carboxylic acid groups (broad SMARTS) is 1. The highest BCUT2D eigenvalue weighted by Gasteiger charge is 2.42. The van der Waals surface area contributed by atoms with Crippen molar-refractivity contribution in [3.63, 3.8) is 0 Å². The smallest absolute Gasteiger partial charge is 0.357 e. The van der Waals surface area contributed by atoms with Crippen LogP contribution in [0.5, 0.6) is 5.75 Å². The van der Waals surface area contributed by atoms with E-state index in [2.05, 4.69) is 12.2 Å². The van der Waals surface area contributed by atoms with Gasteiger partial charge in [-0.25, -0.2) is 4.79 Å². The van der Waals surface area contributed by atoms with E-state index >= 15 is 0 Å². The van der Waals surface area contributed by atoms with Crippen LogP contribution in [0, 0.1) is 5.92 Å². The minimum atomic E-state index is -2.29. The highest BCUT2D eigenvalue weighted by atomic mass is 16.5. The molecule has 2 atom stereocenters. The largest absolute Gasteiger partial charge is 0.494 e. The molecular formula is C17H25NO5. The number of benzene rings is 1. The molecule has 0 fully saturated rings. The fourth-order valence-electron chi connectivity index (χ4n) is 1.97. The van der Waals surface area contributed by atoms with Gasteiger partial charge in [0.2, 0.25) is 5.72 Å². The molecule has 0 saturated heterocycles. The Morgan fingerprint density at radius 2 is 1.87 bits per heavy atom. The molecule has 6 nitrogen and oxygen atoms in total. The Hall–Kier alpha value is -2.08. The van der Waals surface area contributed by atoms with Crippen molar-refractivity contribution < 1.29 is 24.5 Å². The van der Waals surface area contributed by atoms with Gasteiger partial charge in [0.15, 0.2) is 0 Å². The van der Waals surface area contributed by atoms with Crippen molar-refractivity contribution in [1.29, 1.82) is 0 Å². The number of rotatable bonds is 9. The average molecular weight is 323 g/mol. The van der Waals surface area contributed by atoms with Crippen molar-refractivity contribution in [2.24, 2.45) is 5.92 Å². The van der Waals surface area contributed by atoms with Crippen LogP contribution in [-0.4, -0.2) is 34.4 Å². The number of aliphatic carboxylic acids is 1. The predicted molar refractivity (Wildman–Crippen MR) is 86.4 cm³/mol. The van der Waals surface area contributed by atoms with Crippen LogP contribution in [0.4, 0.5) is 0 Å². The zero-order valence-electron chi connectivity index (χ0n) is 13.8. The third kappa shape index (κ3) is 4.96. The van der Waals surface area contributed by atoms with E-state index in [1.165, 1.54) is 12.1 Å². The van der Waals surface area contributed by atoms with Crippen molar-refractivity contribution in [2.75, 3.05) is 6.61 Å². The summed E-state index contributed by atoms with van der Waals surface area (Å²) in [5.41, 5.74) is -2.03. The number of nitrogens with one attached hydrogen (secondary N) is 1. The van der Waals surface area contributed by atoms with E-state index in [4.69, 9.17) is 4.74 Å². The van der Waals surface area contributed by atoms with Gasteiger partial charge in [-0.1, -0.05) is 27.2 Å². The Labute approximate surface area is 136 Å². The minimum absolute atomic E-state index is 0.260. The third-order valence-corrected chi connectivity index (χ3v) is 3.84. The lowest BCUT2D eigenvalue weighted by Gasteiger charge is -2.30. The fourth-order valence-corrected chi connectivity index (χ4v) is 1.97. The summed E-state index contributed by atoms with van der Waals surface area (Å²) in [6.45, 7) is 5.98. The van der Waals surface area contributed by atoms with Crippen LogP contribution >= 0.6 is 0 Å². The molecule has 23 heavy (non-hydrogen) atoms. The number of hydrogen-bond donors (Lipinski definition) is 3. The highest BCUT2D eigenvalue weighted by molar-refractivity contribution is 5.97. The van der Waals surface area contributed by atoms with Crippen LogP contribution in [0.15, 0.2) is 24.3 Å². The van der Waals surface area contributed by atoms with Crippen molar-refractivity contribution >= 4 is 11.9 Å². The average Bonchev–Trinajstić information content (AvgIpc) is 2.54. The van der Waals surface area contributed by atoms with E-state index < -0.39 is 23.5 Å². The number of unbranched alkanes of at least 4 members (excludes halogenated alkanes) is 1. The molecule has 1 rings (SSSR count). The Morgan fingerprint density at radius 3 is 2.35 bits per heavy atom. The highest BCUT2D eigenvalue weighted by Crippen LogP contribution is 2.20. The van der Waals surface area contributed by atoms with Crippen LogP contribution in [0.2, 0.25) is 0 Å². The van der Waals surface area contributed by atoms with E-state index in [1.54, 1.807) is 26.0 Å². The van der Waals surface area contributed by atoms with Gasteiger partial charge in [0.1, 0.15) is 5.75 Å². The van der Waals surface area contributed by atoms with Gasteiger partial charge in [-0.3, -0.25) is 4.79 Å². The molecule has 0 heterocycles. The number of carboxylic acids is 1. The standard InChI is InChI=1S/C17H25NO5/c1-4-6-11-23-14-9-7-13(8-10-14)15(19)18-17(22,16(20)21)12(3)5-2/h7-10,12,22H,4-6,11H2,1-3H3,(H,18,19)(H,20,21). The molecule has 0 spiro atoms. The van der Waals surface area contributed by atoms with Crippen LogP contribution in [0.1, 0.15) is 50.4 Å². The van der Waals surface area contributed by atoms with Crippen molar-refractivity contribution in [3.05, 3.63) is 29.8 Å². The van der Waals surface area contributed by atoms with Crippen LogP contribution in [-0.2, 0) is 4.79 Å². The maximum atomic E-state index is 12.2. The molecule has 6 heteroatoms. The molecule has 0 bridgehead atoms. The maximum Gasteiger partial charge on any atom is 0.357 e. The number of amides is 1. The first kappa shape index (κ1) is 19.0. The molecule has 2 unspecified atom stereocenters. The SMILES string of the molecule is CCCCOc1ccc(C(=O)NC(O)(C(=O)O)C(C)CC)cc1. The van der Waals surface area contributed by atoms with E-state index in [-0.39, 0.29) is 5.56 Å². The van der Waals surface area contributed by atoms with Crippen LogP contribution < -0.4 is 10.1 Å². The molecule has 0 saturated carbocycles. The molecule has 0 radical (unpaired) electrons. The number of carbonyl (C=O) groups excluding carboxylic acids is 1. The Morgan fingerprint density at radius 1 is 1.26 bits per heavy atom. The summed E-state index contributed by atoms with van der Waals surface area (Å²) in [6.07, 6.45) is 2.39. The lowest BCUT2D eigenvalue weighted by atomic mass is 9.94. The molecule has 1 amide bonds. The second-order valence-corrected chi connectivity index (χ2v) is 5.56. The van der Waals surface area contributed by atoms with E-state index in [0.717, 1.165) is 12.8 Å². The van der Waals surface area contributed by atoms with Crippen LogP contribution in [0.3, 0.4) is 0 Å². The van der Waals surface area contributed by atoms with Gasteiger partial charge in [0, 0.05) is 11.5 Å². The summed E-state index contributed by atoms with van der Waals surface area (Å²) in [6, 6.07) is 6.37. The van der Waals surface area contributed by atoms with Crippen molar-refractivity contribution in [2.45, 2.75) is 45.8 Å². The number of ether oxygens (including phenoxy) is 1. The van der Waals surface area contributed by atoms with E-state index in [9.17, 15) is 19.8 Å². The predicted octanol–water partition coefficient (Wildman–Crippen LogP) is 2.41. The molecular weight excluding hydrogens is 298 g/mol. The summed E-state index contributed by atoms with van der Waals surface area (Å²) >= 11 is 0. The summed E-state index contributed by atoms with van der Waals surface area (Å²) in [5.74, 6) is -2.10. The summed E-state index contributed by atoms with van der Waals surface area (Å²) in [7, 11) is 0. The molecule has 0 aliphatic rings. The van der Waals surface area contributed by atoms with E-state index in [1.807, 2.05) is 0 Å². The Kier molecular flexibility index (Phi) is 7.03. The Bertz CT molecular complexity index is 528. The number of aliphatic hydroxyl groups is 1. The quantitative estimate of drug-likeness (QED) is 0.479. The van der Waals surface area contributed by atoms with Crippen molar-refractivity contribution in [1.82, 2.24) is 5.32 Å². The molecule has 1 aromatic carbocycles. The summed E-state index contributed by atoms with van der Waals surface area (Å²) < 4.78 is 5.50. The van der Waals surface area contributed by atoms with Crippen molar-refractivity contribution in [3.8, 4) is 5.75 Å². The minimum Gasteiger partial charge on any atom is -0.494 e. The summed E-state index contributed by atoms with van der Waals surface area (Å²) in [4.78, 5) is 23.5.